The molecule has 0 saturated carbocycles. The van der Waals surface area contributed by atoms with Crippen LogP contribution in [0.2, 0.25) is 0 Å². The Bertz CT molecular complexity index is 424. The van der Waals surface area contributed by atoms with Crippen molar-refractivity contribution in [3.63, 3.8) is 0 Å². The Hall–Kier alpha value is -1.11. The molecule has 0 aliphatic heterocycles. The van der Waals surface area contributed by atoms with Crippen molar-refractivity contribution in [2.75, 3.05) is 45.7 Å². The number of likely N-dealkylation sites (N-methyl/N-ethyl adjacent to an activating group) is 1. The number of hydrogen-bond donors (Lipinski definition) is 2. The van der Waals surface area contributed by atoms with E-state index in [1.165, 1.54) is 0 Å². The van der Waals surface area contributed by atoms with E-state index in [0.717, 1.165) is 16.7 Å². The number of ether oxygens (including phenoxy) is 1. The van der Waals surface area contributed by atoms with E-state index < -0.39 is 5.97 Å². The van der Waals surface area contributed by atoms with Crippen molar-refractivity contribution in [2.24, 2.45) is 0 Å². The van der Waals surface area contributed by atoms with E-state index in [1.54, 1.807) is 18.2 Å². The molecule has 19 heavy (non-hydrogen) atoms. The van der Waals surface area contributed by atoms with E-state index in [0.29, 0.717) is 19.8 Å². The number of carboxylic acids is 1. The molecule has 6 heteroatoms. The number of benzene rings is 1. The van der Waals surface area contributed by atoms with Crippen LogP contribution in [0, 0.1) is 0 Å². The summed E-state index contributed by atoms with van der Waals surface area (Å²) in [5, 5.41) is 12.0. The standard InChI is InChI=1S/C13H19BrN2O3/c1-16(2)6-8-19-7-5-15-12-4-3-10(13(17)18)9-11(12)14/h3-4,9,15H,5-8H2,1-2H3,(H,17,18). The lowest BCUT2D eigenvalue weighted by Crippen LogP contribution is -2.20. The fourth-order valence-electron chi connectivity index (χ4n) is 1.40. The third kappa shape index (κ3) is 6.04. The van der Waals surface area contributed by atoms with Crippen LogP contribution in [-0.2, 0) is 4.74 Å². The average Bonchev–Trinajstić information content (AvgIpc) is 2.34. The summed E-state index contributed by atoms with van der Waals surface area (Å²) >= 11 is 3.34. The van der Waals surface area contributed by atoms with Gasteiger partial charge in [0.15, 0.2) is 0 Å². The maximum atomic E-state index is 10.8. The molecular weight excluding hydrogens is 312 g/mol. The van der Waals surface area contributed by atoms with Crippen molar-refractivity contribution >= 4 is 27.6 Å². The third-order valence-corrected chi connectivity index (χ3v) is 3.12. The van der Waals surface area contributed by atoms with Crippen LogP contribution in [0.5, 0.6) is 0 Å². The number of nitrogens with one attached hydrogen (secondary N) is 1. The van der Waals surface area contributed by atoms with Gasteiger partial charge in [-0.3, -0.25) is 0 Å². The van der Waals surface area contributed by atoms with Crippen LogP contribution < -0.4 is 5.32 Å². The zero-order valence-electron chi connectivity index (χ0n) is 11.1. The Morgan fingerprint density at radius 2 is 2.16 bits per heavy atom. The molecule has 2 N–H and O–H groups in total. The van der Waals surface area contributed by atoms with Crippen molar-refractivity contribution in [2.45, 2.75) is 0 Å². The minimum Gasteiger partial charge on any atom is -0.478 e. The van der Waals surface area contributed by atoms with Gasteiger partial charge in [-0.15, -0.1) is 0 Å². The predicted octanol–water partition coefficient (Wildman–Crippen LogP) is 2.14. The topological polar surface area (TPSA) is 61.8 Å². The second kappa shape index (κ2) is 8.14. The normalized spacial score (nSPS) is 10.7. The summed E-state index contributed by atoms with van der Waals surface area (Å²) in [6.45, 7) is 2.89. The molecule has 0 aromatic heterocycles. The van der Waals surface area contributed by atoms with Gasteiger partial charge < -0.3 is 20.1 Å². The first-order valence-corrected chi connectivity index (χ1v) is 6.79. The number of nitrogens with zero attached hydrogens (tertiary/aromatic N) is 1. The quantitative estimate of drug-likeness (QED) is 0.715. The SMILES string of the molecule is CN(C)CCOCCNc1ccc(C(=O)O)cc1Br. The van der Waals surface area contributed by atoms with Crippen LogP contribution in [0.1, 0.15) is 10.4 Å². The number of rotatable bonds is 8. The van der Waals surface area contributed by atoms with Gasteiger partial charge in [-0.1, -0.05) is 0 Å². The molecule has 0 saturated heterocycles. The van der Waals surface area contributed by atoms with Gasteiger partial charge in [-0.05, 0) is 48.2 Å². The van der Waals surface area contributed by atoms with E-state index in [2.05, 4.69) is 26.1 Å². The lowest BCUT2D eigenvalue weighted by molar-refractivity contribution is 0.0697. The predicted molar refractivity (Wildman–Crippen MR) is 79.0 cm³/mol. The molecule has 0 atom stereocenters. The Morgan fingerprint density at radius 3 is 2.74 bits per heavy atom. The molecular formula is C13H19BrN2O3. The fourth-order valence-corrected chi connectivity index (χ4v) is 1.92. The Labute approximate surface area is 121 Å². The number of halogens is 1. The maximum Gasteiger partial charge on any atom is 0.335 e. The summed E-state index contributed by atoms with van der Waals surface area (Å²) in [4.78, 5) is 12.9. The maximum absolute atomic E-state index is 10.8. The molecule has 5 nitrogen and oxygen atoms in total. The summed E-state index contributed by atoms with van der Waals surface area (Å²) < 4.78 is 6.19. The first-order valence-electron chi connectivity index (χ1n) is 6.00. The first-order chi connectivity index (χ1) is 9.00. The molecule has 0 amide bonds. The average molecular weight is 331 g/mol. The number of aromatic carboxylic acids is 1. The molecule has 0 fully saturated rings. The summed E-state index contributed by atoms with van der Waals surface area (Å²) in [5.74, 6) is -0.931. The summed E-state index contributed by atoms with van der Waals surface area (Å²) in [5.41, 5.74) is 1.13. The number of anilines is 1. The van der Waals surface area contributed by atoms with Crippen LogP contribution in [0.3, 0.4) is 0 Å². The highest BCUT2D eigenvalue weighted by Crippen LogP contribution is 2.23. The van der Waals surface area contributed by atoms with Crippen LogP contribution >= 0.6 is 15.9 Å². The van der Waals surface area contributed by atoms with Gasteiger partial charge in [-0.2, -0.15) is 0 Å². The number of carboxylic acid groups (broad SMARTS) is 1. The van der Waals surface area contributed by atoms with Gasteiger partial charge in [0.25, 0.3) is 0 Å². The summed E-state index contributed by atoms with van der Waals surface area (Å²) in [6, 6.07) is 4.90. The van der Waals surface area contributed by atoms with Gasteiger partial charge in [0.05, 0.1) is 18.8 Å². The summed E-state index contributed by atoms with van der Waals surface area (Å²) in [7, 11) is 4.01. The molecule has 1 rings (SSSR count). The van der Waals surface area contributed by atoms with Gasteiger partial charge >= 0.3 is 5.97 Å². The second-order valence-electron chi connectivity index (χ2n) is 4.34. The van der Waals surface area contributed by atoms with E-state index in [1.807, 2.05) is 14.1 Å². The van der Waals surface area contributed by atoms with E-state index >= 15 is 0 Å². The van der Waals surface area contributed by atoms with Gasteiger partial charge in [-0.25, -0.2) is 4.79 Å². The van der Waals surface area contributed by atoms with E-state index in [4.69, 9.17) is 9.84 Å². The van der Waals surface area contributed by atoms with Crippen LogP contribution in [0.25, 0.3) is 0 Å². The second-order valence-corrected chi connectivity index (χ2v) is 5.20. The van der Waals surface area contributed by atoms with Crippen molar-refractivity contribution < 1.29 is 14.6 Å². The lowest BCUT2D eigenvalue weighted by Gasteiger charge is -2.11. The highest BCUT2D eigenvalue weighted by molar-refractivity contribution is 9.10. The number of carbonyl (C=O) groups is 1. The van der Waals surface area contributed by atoms with Crippen LogP contribution in [0.15, 0.2) is 22.7 Å². The van der Waals surface area contributed by atoms with Crippen molar-refractivity contribution in [1.82, 2.24) is 4.90 Å². The molecule has 0 radical (unpaired) electrons. The zero-order chi connectivity index (χ0) is 14.3. The molecule has 1 aromatic carbocycles. The van der Waals surface area contributed by atoms with E-state index in [9.17, 15) is 4.79 Å². The van der Waals surface area contributed by atoms with Crippen LogP contribution in [-0.4, -0.2) is 56.4 Å². The molecule has 0 spiro atoms. The molecule has 0 aliphatic rings. The van der Waals surface area contributed by atoms with Crippen molar-refractivity contribution in [1.29, 1.82) is 0 Å². The van der Waals surface area contributed by atoms with Crippen molar-refractivity contribution in [3.05, 3.63) is 28.2 Å². The fraction of sp³-hybridized carbons (Fsp3) is 0.462. The highest BCUT2D eigenvalue weighted by atomic mass is 79.9. The Balaban J connectivity index is 2.32. The van der Waals surface area contributed by atoms with Crippen LogP contribution in [0.4, 0.5) is 5.69 Å². The number of hydrogen-bond acceptors (Lipinski definition) is 4. The third-order valence-electron chi connectivity index (χ3n) is 2.46. The highest BCUT2D eigenvalue weighted by Gasteiger charge is 2.06. The monoisotopic (exact) mass is 330 g/mol. The largest absolute Gasteiger partial charge is 0.478 e. The minimum atomic E-state index is -0.931. The smallest absolute Gasteiger partial charge is 0.335 e. The van der Waals surface area contributed by atoms with Gasteiger partial charge in [0, 0.05) is 23.2 Å². The first kappa shape index (κ1) is 15.9. The molecule has 106 valence electrons. The van der Waals surface area contributed by atoms with Gasteiger partial charge in [0.1, 0.15) is 0 Å². The zero-order valence-corrected chi connectivity index (χ0v) is 12.7. The lowest BCUT2D eigenvalue weighted by atomic mass is 10.2. The Morgan fingerprint density at radius 1 is 1.42 bits per heavy atom. The molecule has 0 heterocycles. The molecule has 0 aliphatic carbocycles. The Kier molecular flexibility index (Phi) is 6.83. The molecule has 0 unspecified atom stereocenters. The molecule has 1 aromatic rings. The van der Waals surface area contributed by atoms with Crippen molar-refractivity contribution in [3.8, 4) is 0 Å². The molecule has 0 bridgehead atoms. The summed E-state index contributed by atoms with van der Waals surface area (Å²) in [6.07, 6.45) is 0. The van der Waals surface area contributed by atoms with Gasteiger partial charge in [0.2, 0.25) is 0 Å². The minimum absolute atomic E-state index is 0.264. The van der Waals surface area contributed by atoms with E-state index in [-0.39, 0.29) is 5.56 Å².